The summed E-state index contributed by atoms with van der Waals surface area (Å²) >= 11 is 0. The molecule has 4 heteroatoms. The molecule has 0 aliphatic rings. The van der Waals surface area contributed by atoms with Crippen molar-refractivity contribution in [1.82, 2.24) is 4.98 Å². The molecule has 1 aromatic heterocycles. The SMILES string of the molecule is CC(C)(C)c1ccc(C(=O)c2cccnc2C(=O)O)cc1. The first kappa shape index (κ1) is 14.9. The van der Waals surface area contributed by atoms with Gasteiger partial charge >= 0.3 is 5.97 Å². The van der Waals surface area contributed by atoms with Crippen LogP contribution in [0.3, 0.4) is 0 Å². The molecule has 1 heterocycles. The maximum absolute atomic E-state index is 12.4. The summed E-state index contributed by atoms with van der Waals surface area (Å²) < 4.78 is 0. The zero-order valence-corrected chi connectivity index (χ0v) is 12.3. The van der Waals surface area contributed by atoms with Crippen LogP contribution in [0.5, 0.6) is 0 Å². The quantitative estimate of drug-likeness (QED) is 0.877. The number of hydrogen-bond donors (Lipinski definition) is 1. The van der Waals surface area contributed by atoms with Crippen LogP contribution >= 0.6 is 0 Å². The minimum atomic E-state index is -1.20. The van der Waals surface area contributed by atoms with Gasteiger partial charge in [0.1, 0.15) is 0 Å². The fourth-order valence-corrected chi connectivity index (χ4v) is 2.04. The van der Waals surface area contributed by atoms with Crippen LogP contribution in [0.2, 0.25) is 0 Å². The first-order valence-electron chi connectivity index (χ1n) is 6.64. The number of rotatable bonds is 3. The van der Waals surface area contributed by atoms with E-state index in [1.807, 2.05) is 12.1 Å². The van der Waals surface area contributed by atoms with Crippen molar-refractivity contribution < 1.29 is 14.7 Å². The van der Waals surface area contributed by atoms with Gasteiger partial charge in [-0.1, -0.05) is 45.0 Å². The minimum absolute atomic E-state index is 0.00209. The maximum atomic E-state index is 12.4. The Hall–Kier alpha value is -2.49. The van der Waals surface area contributed by atoms with E-state index in [1.165, 1.54) is 12.3 Å². The van der Waals surface area contributed by atoms with Crippen LogP contribution in [0.15, 0.2) is 42.6 Å². The summed E-state index contributed by atoms with van der Waals surface area (Å²) in [6, 6.07) is 10.3. The number of ketones is 1. The molecule has 21 heavy (non-hydrogen) atoms. The van der Waals surface area contributed by atoms with Crippen molar-refractivity contribution in [2.45, 2.75) is 26.2 Å². The lowest BCUT2D eigenvalue weighted by molar-refractivity contribution is 0.0686. The molecule has 0 aliphatic heterocycles. The van der Waals surface area contributed by atoms with E-state index in [4.69, 9.17) is 5.11 Å². The van der Waals surface area contributed by atoms with Gasteiger partial charge in [-0.2, -0.15) is 0 Å². The van der Waals surface area contributed by atoms with Gasteiger partial charge < -0.3 is 5.11 Å². The number of carboxylic acid groups (broad SMARTS) is 1. The summed E-state index contributed by atoms with van der Waals surface area (Å²) in [6.45, 7) is 6.27. The van der Waals surface area contributed by atoms with Gasteiger partial charge in [-0.15, -0.1) is 0 Å². The summed E-state index contributed by atoms with van der Waals surface area (Å²) in [5, 5.41) is 9.10. The summed E-state index contributed by atoms with van der Waals surface area (Å²) in [4.78, 5) is 27.3. The number of carboxylic acids is 1. The molecule has 0 bridgehead atoms. The van der Waals surface area contributed by atoms with Crippen LogP contribution in [0, 0.1) is 0 Å². The molecule has 0 saturated heterocycles. The topological polar surface area (TPSA) is 67.3 Å². The number of aromatic carboxylic acids is 1. The van der Waals surface area contributed by atoms with Gasteiger partial charge in [0.2, 0.25) is 0 Å². The largest absolute Gasteiger partial charge is 0.476 e. The van der Waals surface area contributed by atoms with Gasteiger partial charge in [-0.05, 0) is 23.1 Å². The number of hydrogen-bond acceptors (Lipinski definition) is 3. The Bertz CT molecular complexity index is 682. The van der Waals surface area contributed by atoms with Crippen LogP contribution < -0.4 is 0 Å². The van der Waals surface area contributed by atoms with Gasteiger partial charge in [-0.3, -0.25) is 4.79 Å². The molecule has 0 fully saturated rings. The van der Waals surface area contributed by atoms with E-state index in [-0.39, 0.29) is 22.5 Å². The van der Waals surface area contributed by atoms with Gasteiger partial charge in [0.25, 0.3) is 0 Å². The van der Waals surface area contributed by atoms with Crippen LogP contribution in [-0.4, -0.2) is 21.8 Å². The number of carbonyl (C=O) groups excluding carboxylic acids is 1. The number of pyridine rings is 1. The highest BCUT2D eigenvalue weighted by atomic mass is 16.4. The zero-order valence-electron chi connectivity index (χ0n) is 12.3. The van der Waals surface area contributed by atoms with E-state index < -0.39 is 5.97 Å². The van der Waals surface area contributed by atoms with Gasteiger partial charge in [-0.25, -0.2) is 9.78 Å². The standard InChI is InChI=1S/C17H17NO3/c1-17(2,3)12-8-6-11(7-9-12)15(19)13-5-4-10-18-14(13)16(20)21/h4-10H,1-3H3,(H,20,21). The van der Waals surface area contributed by atoms with E-state index in [0.717, 1.165) is 5.56 Å². The summed E-state index contributed by atoms with van der Waals surface area (Å²) in [6.07, 6.45) is 1.36. The number of aromatic nitrogens is 1. The molecular formula is C17H17NO3. The summed E-state index contributed by atoms with van der Waals surface area (Å²) in [7, 11) is 0. The molecule has 0 saturated carbocycles. The van der Waals surface area contributed by atoms with Crippen molar-refractivity contribution in [1.29, 1.82) is 0 Å². The van der Waals surface area contributed by atoms with Crippen molar-refractivity contribution in [2.24, 2.45) is 0 Å². The number of nitrogens with zero attached hydrogens (tertiary/aromatic N) is 1. The maximum Gasteiger partial charge on any atom is 0.355 e. The third-order valence-corrected chi connectivity index (χ3v) is 3.27. The first-order chi connectivity index (χ1) is 9.80. The molecule has 0 amide bonds. The molecule has 108 valence electrons. The van der Waals surface area contributed by atoms with E-state index in [0.29, 0.717) is 5.56 Å². The Morgan fingerprint density at radius 2 is 1.67 bits per heavy atom. The van der Waals surface area contributed by atoms with Crippen molar-refractivity contribution >= 4 is 11.8 Å². The molecule has 1 N–H and O–H groups in total. The lowest BCUT2D eigenvalue weighted by atomic mass is 9.86. The number of benzene rings is 1. The smallest absolute Gasteiger partial charge is 0.355 e. The fourth-order valence-electron chi connectivity index (χ4n) is 2.04. The molecule has 0 radical (unpaired) electrons. The van der Waals surface area contributed by atoms with Crippen molar-refractivity contribution in [3.63, 3.8) is 0 Å². The van der Waals surface area contributed by atoms with Gasteiger partial charge in [0.05, 0.1) is 5.56 Å². The summed E-state index contributed by atoms with van der Waals surface area (Å²) in [5.74, 6) is -1.54. The molecule has 4 nitrogen and oxygen atoms in total. The lowest BCUT2D eigenvalue weighted by Crippen LogP contribution is -2.13. The fraction of sp³-hybridized carbons (Fsp3) is 0.235. The number of carbonyl (C=O) groups is 2. The van der Waals surface area contributed by atoms with Crippen LogP contribution in [0.4, 0.5) is 0 Å². The minimum Gasteiger partial charge on any atom is -0.476 e. The van der Waals surface area contributed by atoms with Crippen molar-refractivity contribution in [3.8, 4) is 0 Å². The van der Waals surface area contributed by atoms with Crippen LogP contribution in [0.25, 0.3) is 0 Å². The second kappa shape index (κ2) is 5.48. The highest BCUT2D eigenvalue weighted by molar-refractivity contribution is 6.13. The first-order valence-corrected chi connectivity index (χ1v) is 6.64. The van der Waals surface area contributed by atoms with Crippen LogP contribution in [0.1, 0.15) is 52.7 Å². The zero-order chi connectivity index (χ0) is 15.6. The predicted octanol–water partition coefficient (Wildman–Crippen LogP) is 3.31. The Kier molecular flexibility index (Phi) is 3.89. The third kappa shape index (κ3) is 3.16. The normalized spacial score (nSPS) is 11.2. The van der Waals surface area contributed by atoms with Crippen LogP contribution in [-0.2, 0) is 5.41 Å². The second-order valence-corrected chi connectivity index (χ2v) is 5.86. The van der Waals surface area contributed by atoms with E-state index >= 15 is 0 Å². The Labute approximate surface area is 123 Å². The molecular weight excluding hydrogens is 266 g/mol. The average molecular weight is 283 g/mol. The molecule has 2 aromatic rings. The Morgan fingerprint density at radius 3 is 2.19 bits per heavy atom. The highest BCUT2D eigenvalue weighted by Crippen LogP contribution is 2.23. The van der Waals surface area contributed by atoms with E-state index in [1.54, 1.807) is 18.2 Å². The molecule has 1 aromatic carbocycles. The highest BCUT2D eigenvalue weighted by Gasteiger charge is 2.20. The summed E-state index contributed by atoms with van der Waals surface area (Å²) in [5.41, 5.74) is 1.46. The molecule has 2 rings (SSSR count). The van der Waals surface area contributed by atoms with E-state index in [2.05, 4.69) is 25.8 Å². The lowest BCUT2D eigenvalue weighted by Gasteiger charge is -2.19. The molecule has 0 atom stereocenters. The molecule has 0 aliphatic carbocycles. The predicted molar refractivity (Wildman–Crippen MR) is 79.8 cm³/mol. The monoisotopic (exact) mass is 283 g/mol. The average Bonchev–Trinajstić information content (AvgIpc) is 2.45. The second-order valence-electron chi connectivity index (χ2n) is 5.86. The van der Waals surface area contributed by atoms with Crippen molar-refractivity contribution in [2.75, 3.05) is 0 Å². The molecule has 0 spiro atoms. The van der Waals surface area contributed by atoms with E-state index in [9.17, 15) is 9.59 Å². The molecule has 0 unspecified atom stereocenters. The Balaban J connectivity index is 2.40. The third-order valence-electron chi connectivity index (χ3n) is 3.27. The Morgan fingerprint density at radius 1 is 1.05 bits per heavy atom. The van der Waals surface area contributed by atoms with Gasteiger partial charge in [0.15, 0.2) is 11.5 Å². The van der Waals surface area contributed by atoms with Gasteiger partial charge in [0, 0.05) is 11.8 Å². The van der Waals surface area contributed by atoms with Crippen molar-refractivity contribution in [3.05, 3.63) is 65.0 Å².